The van der Waals surface area contributed by atoms with Gasteiger partial charge in [-0.3, -0.25) is 9.88 Å². The molecule has 0 aromatic carbocycles. The highest BCUT2D eigenvalue weighted by molar-refractivity contribution is 5.10. The maximum atomic E-state index is 4.10. The van der Waals surface area contributed by atoms with E-state index >= 15 is 0 Å². The smallest absolute Gasteiger partial charge is 0.0271 e. The molecule has 0 amide bonds. The molecule has 3 heteroatoms. The van der Waals surface area contributed by atoms with Crippen LogP contribution in [0.15, 0.2) is 24.5 Å². The van der Waals surface area contributed by atoms with E-state index in [4.69, 9.17) is 0 Å². The molecular formula is C15H23N3. The Morgan fingerprint density at radius 2 is 2.11 bits per heavy atom. The summed E-state index contributed by atoms with van der Waals surface area (Å²) in [7, 11) is 0. The average molecular weight is 245 g/mol. The lowest BCUT2D eigenvalue weighted by molar-refractivity contribution is 0.111. The molecular weight excluding hydrogens is 222 g/mol. The molecule has 2 fully saturated rings. The first-order chi connectivity index (χ1) is 8.86. The van der Waals surface area contributed by atoms with Gasteiger partial charge in [0.15, 0.2) is 0 Å². The van der Waals surface area contributed by atoms with Gasteiger partial charge in [0.2, 0.25) is 0 Å². The number of nitrogens with one attached hydrogen (secondary N) is 1. The molecule has 1 aliphatic heterocycles. The first-order valence-electron chi connectivity index (χ1n) is 7.23. The van der Waals surface area contributed by atoms with E-state index in [1.165, 1.54) is 31.4 Å². The van der Waals surface area contributed by atoms with Crippen molar-refractivity contribution in [3.05, 3.63) is 30.1 Å². The van der Waals surface area contributed by atoms with Crippen molar-refractivity contribution in [2.24, 2.45) is 5.92 Å². The first kappa shape index (κ1) is 12.1. The summed E-state index contributed by atoms with van der Waals surface area (Å²) in [5.41, 5.74) is 1.39. The first-order valence-corrected chi connectivity index (χ1v) is 7.23. The summed E-state index contributed by atoms with van der Waals surface area (Å²) in [5, 5.41) is 3.74. The molecule has 2 aliphatic rings. The maximum Gasteiger partial charge on any atom is 0.0271 e. The predicted octanol–water partition coefficient (Wildman–Crippen LogP) is 2.04. The van der Waals surface area contributed by atoms with Crippen LogP contribution in [0.2, 0.25) is 0 Å². The summed E-state index contributed by atoms with van der Waals surface area (Å²) >= 11 is 0. The third kappa shape index (κ3) is 2.73. The second-order valence-electron chi connectivity index (χ2n) is 5.70. The molecule has 2 unspecified atom stereocenters. The number of hydrogen-bond donors (Lipinski definition) is 1. The number of aromatic nitrogens is 1. The zero-order chi connectivity index (χ0) is 12.4. The van der Waals surface area contributed by atoms with Crippen molar-refractivity contribution in [1.82, 2.24) is 15.2 Å². The van der Waals surface area contributed by atoms with Crippen LogP contribution in [-0.4, -0.2) is 35.1 Å². The van der Waals surface area contributed by atoms with Crippen molar-refractivity contribution in [2.75, 3.05) is 13.1 Å². The highest BCUT2D eigenvalue weighted by Gasteiger charge is 2.36. The molecule has 3 nitrogen and oxygen atoms in total. The second kappa shape index (κ2) is 5.37. The van der Waals surface area contributed by atoms with Crippen molar-refractivity contribution in [2.45, 2.75) is 44.8 Å². The third-order valence-corrected chi connectivity index (χ3v) is 4.36. The molecule has 3 rings (SSSR count). The lowest BCUT2D eigenvalue weighted by Gasteiger charge is -2.40. The molecule has 1 aromatic rings. The van der Waals surface area contributed by atoms with Gasteiger partial charge in [0, 0.05) is 44.1 Å². The van der Waals surface area contributed by atoms with Gasteiger partial charge in [-0.05, 0) is 42.9 Å². The summed E-state index contributed by atoms with van der Waals surface area (Å²) in [6, 6.07) is 5.70. The average Bonchev–Trinajstić information content (AvgIpc) is 3.24. The van der Waals surface area contributed by atoms with Gasteiger partial charge in [0.1, 0.15) is 0 Å². The van der Waals surface area contributed by atoms with Gasteiger partial charge >= 0.3 is 0 Å². The van der Waals surface area contributed by atoms with E-state index in [1.807, 2.05) is 12.4 Å². The Labute approximate surface area is 110 Å². The van der Waals surface area contributed by atoms with Crippen LogP contribution >= 0.6 is 0 Å². The van der Waals surface area contributed by atoms with Crippen molar-refractivity contribution >= 4 is 0 Å². The van der Waals surface area contributed by atoms with E-state index in [0.29, 0.717) is 6.04 Å². The van der Waals surface area contributed by atoms with E-state index in [9.17, 15) is 0 Å². The standard InChI is InChI=1S/C15H23N3/c1-2-14-9-17-15(13-3-4-13)11-18(14)10-12-5-7-16-8-6-12/h5-8,13-15,17H,2-4,9-11H2,1H3. The fourth-order valence-electron chi connectivity index (χ4n) is 3.02. The lowest BCUT2D eigenvalue weighted by atomic mass is 10.0. The molecule has 2 heterocycles. The molecule has 18 heavy (non-hydrogen) atoms. The van der Waals surface area contributed by atoms with Crippen LogP contribution in [0.5, 0.6) is 0 Å². The molecule has 1 aromatic heterocycles. The molecule has 1 N–H and O–H groups in total. The van der Waals surface area contributed by atoms with Crippen LogP contribution in [0.1, 0.15) is 31.7 Å². The van der Waals surface area contributed by atoms with Gasteiger partial charge < -0.3 is 5.32 Å². The maximum absolute atomic E-state index is 4.10. The molecule has 1 saturated heterocycles. The second-order valence-corrected chi connectivity index (χ2v) is 5.70. The number of piperazine rings is 1. The minimum absolute atomic E-state index is 0.688. The topological polar surface area (TPSA) is 28.2 Å². The van der Waals surface area contributed by atoms with Gasteiger partial charge in [-0.25, -0.2) is 0 Å². The van der Waals surface area contributed by atoms with Crippen LogP contribution in [0.3, 0.4) is 0 Å². The Balaban J connectivity index is 1.66. The van der Waals surface area contributed by atoms with Gasteiger partial charge in [0.25, 0.3) is 0 Å². The van der Waals surface area contributed by atoms with Crippen molar-refractivity contribution in [3.8, 4) is 0 Å². The molecule has 0 radical (unpaired) electrons. The molecule has 2 atom stereocenters. The zero-order valence-corrected chi connectivity index (χ0v) is 11.2. The van der Waals surface area contributed by atoms with Crippen LogP contribution < -0.4 is 5.32 Å². The largest absolute Gasteiger partial charge is 0.311 e. The minimum atomic E-state index is 0.688. The monoisotopic (exact) mass is 245 g/mol. The van der Waals surface area contributed by atoms with Crippen molar-refractivity contribution < 1.29 is 0 Å². The highest BCUT2D eigenvalue weighted by Crippen LogP contribution is 2.34. The number of rotatable bonds is 4. The normalized spacial score (nSPS) is 29.4. The summed E-state index contributed by atoms with van der Waals surface area (Å²) in [6.45, 7) is 5.74. The summed E-state index contributed by atoms with van der Waals surface area (Å²) < 4.78 is 0. The van der Waals surface area contributed by atoms with E-state index in [-0.39, 0.29) is 0 Å². The Bertz CT molecular complexity index is 375. The highest BCUT2D eigenvalue weighted by atomic mass is 15.2. The Hall–Kier alpha value is -0.930. The fraction of sp³-hybridized carbons (Fsp3) is 0.667. The minimum Gasteiger partial charge on any atom is -0.311 e. The molecule has 0 spiro atoms. The van der Waals surface area contributed by atoms with Gasteiger partial charge in [-0.1, -0.05) is 6.92 Å². The number of pyridine rings is 1. The Kier molecular flexibility index (Phi) is 3.62. The van der Waals surface area contributed by atoms with E-state index < -0.39 is 0 Å². The van der Waals surface area contributed by atoms with Gasteiger partial charge in [-0.2, -0.15) is 0 Å². The Morgan fingerprint density at radius 1 is 1.33 bits per heavy atom. The van der Waals surface area contributed by atoms with Gasteiger partial charge in [0.05, 0.1) is 0 Å². The third-order valence-electron chi connectivity index (χ3n) is 4.36. The van der Waals surface area contributed by atoms with Crippen LogP contribution in [0, 0.1) is 5.92 Å². The quantitative estimate of drug-likeness (QED) is 0.880. The van der Waals surface area contributed by atoms with E-state index in [1.54, 1.807) is 0 Å². The van der Waals surface area contributed by atoms with E-state index in [0.717, 1.165) is 25.0 Å². The van der Waals surface area contributed by atoms with Gasteiger partial charge in [-0.15, -0.1) is 0 Å². The lowest BCUT2D eigenvalue weighted by Crippen LogP contribution is -2.56. The molecule has 98 valence electrons. The summed E-state index contributed by atoms with van der Waals surface area (Å²) in [4.78, 5) is 6.76. The zero-order valence-electron chi connectivity index (χ0n) is 11.2. The van der Waals surface area contributed by atoms with Crippen LogP contribution in [0.25, 0.3) is 0 Å². The molecule has 0 bridgehead atoms. The number of hydrogen-bond acceptors (Lipinski definition) is 3. The summed E-state index contributed by atoms with van der Waals surface area (Å²) in [5.74, 6) is 0.947. The number of nitrogens with zero attached hydrogens (tertiary/aromatic N) is 2. The SMILES string of the molecule is CCC1CNC(C2CC2)CN1Cc1ccncc1. The van der Waals surface area contributed by atoms with Crippen molar-refractivity contribution in [3.63, 3.8) is 0 Å². The van der Waals surface area contributed by atoms with Crippen LogP contribution in [0.4, 0.5) is 0 Å². The Morgan fingerprint density at radius 3 is 2.78 bits per heavy atom. The summed E-state index contributed by atoms with van der Waals surface area (Å²) in [6.07, 6.45) is 7.89. The fourth-order valence-corrected chi connectivity index (χ4v) is 3.02. The van der Waals surface area contributed by atoms with Crippen LogP contribution in [-0.2, 0) is 6.54 Å². The molecule has 1 aliphatic carbocycles. The molecule has 1 saturated carbocycles. The predicted molar refractivity (Wildman–Crippen MR) is 73.2 cm³/mol. The van der Waals surface area contributed by atoms with Crippen molar-refractivity contribution in [1.29, 1.82) is 0 Å². The van der Waals surface area contributed by atoms with E-state index in [2.05, 4.69) is 34.3 Å².